The van der Waals surface area contributed by atoms with Gasteiger partial charge < -0.3 is 14.8 Å². The van der Waals surface area contributed by atoms with E-state index in [2.05, 4.69) is 17.5 Å². The molecular formula is C27H29FN2O3. The number of halogens is 1. The van der Waals surface area contributed by atoms with Crippen LogP contribution in [0.15, 0.2) is 36.4 Å². The number of nitrogens with zero attached hydrogens (tertiary/aromatic N) is 1. The second-order valence-electron chi connectivity index (χ2n) is 9.46. The van der Waals surface area contributed by atoms with E-state index in [4.69, 9.17) is 9.47 Å². The van der Waals surface area contributed by atoms with Gasteiger partial charge in [0.15, 0.2) is 0 Å². The van der Waals surface area contributed by atoms with E-state index in [0.29, 0.717) is 31.8 Å². The van der Waals surface area contributed by atoms with Gasteiger partial charge in [0.25, 0.3) is 0 Å². The number of nitrogens with one attached hydrogen (secondary N) is 1. The van der Waals surface area contributed by atoms with E-state index in [1.165, 1.54) is 25.0 Å². The second kappa shape index (κ2) is 9.52. The van der Waals surface area contributed by atoms with E-state index in [1.807, 2.05) is 12.1 Å². The van der Waals surface area contributed by atoms with Gasteiger partial charge in [0.1, 0.15) is 23.7 Å². The van der Waals surface area contributed by atoms with Gasteiger partial charge in [-0.05, 0) is 72.8 Å². The molecule has 1 N–H and O–H groups in total. The molecule has 0 aromatic heterocycles. The van der Waals surface area contributed by atoms with E-state index in [0.717, 1.165) is 53.4 Å². The fourth-order valence-electron chi connectivity index (χ4n) is 5.23. The Bertz CT molecular complexity index is 1080. The third-order valence-electron chi connectivity index (χ3n) is 7.14. The third kappa shape index (κ3) is 5.04. The number of hydrogen-bond donors (Lipinski definition) is 1. The van der Waals surface area contributed by atoms with Crippen molar-refractivity contribution in [1.82, 2.24) is 5.32 Å². The first-order valence-electron chi connectivity index (χ1n) is 12.0. The van der Waals surface area contributed by atoms with Gasteiger partial charge in [0.05, 0.1) is 12.7 Å². The molecule has 172 valence electrons. The van der Waals surface area contributed by atoms with Crippen molar-refractivity contribution in [3.63, 3.8) is 0 Å². The lowest BCUT2D eigenvalue weighted by Crippen LogP contribution is -2.43. The molecule has 1 aliphatic carbocycles. The molecule has 3 aliphatic rings. The Morgan fingerprint density at radius 2 is 1.97 bits per heavy atom. The van der Waals surface area contributed by atoms with Gasteiger partial charge in [-0.1, -0.05) is 18.2 Å². The molecule has 2 aliphatic heterocycles. The van der Waals surface area contributed by atoms with Crippen LogP contribution in [0, 0.1) is 29.0 Å². The van der Waals surface area contributed by atoms with Crippen molar-refractivity contribution < 1.29 is 18.7 Å². The summed E-state index contributed by atoms with van der Waals surface area (Å²) < 4.78 is 25.2. The zero-order valence-corrected chi connectivity index (χ0v) is 18.7. The van der Waals surface area contributed by atoms with Crippen LogP contribution in [0.4, 0.5) is 4.39 Å². The molecule has 0 radical (unpaired) electrons. The molecule has 2 fully saturated rings. The minimum Gasteiger partial charge on any atom is -0.492 e. The van der Waals surface area contributed by atoms with Gasteiger partial charge in [0.2, 0.25) is 5.91 Å². The van der Waals surface area contributed by atoms with Gasteiger partial charge in [-0.25, -0.2) is 4.39 Å². The van der Waals surface area contributed by atoms with Crippen LogP contribution in [0.2, 0.25) is 0 Å². The molecule has 1 amide bonds. The molecule has 5 rings (SSSR count). The van der Waals surface area contributed by atoms with Crippen LogP contribution in [-0.2, 0) is 22.4 Å². The maximum absolute atomic E-state index is 13.6. The fraction of sp³-hybridized carbons (Fsp3) is 0.481. The molecule has 2 aromatic rings. The summed E-state index contributed by atoms with van der Waals surface area (Å²) in [4.78, 5) is 12.9. The zero-order chi connectivity index (χ0) is 22.8. The van der Waals surface area contributed by atoms with Gasteiger partial charge in [0, 0.05) is 31.1 Å². The highest BCUT2D eigenvalue weighted by molar-refractivity contribution is 5.81. The fourth-order valence-corrected chi connectivity index (χ4v) is 5.23. The SMILES string of the molecule is N#C[C@@H](Cc1ccc2c(c1)CCOc1cc(F)ccc1-2)NC(=O)[C@@H]1CCC2CC2CCCO1. The number of hydrogen-bond acceptors (Lipinski definition) is 4. The van der Waals surface area contributed by atoms with Gasteiger partial charge in [-0.15, -0.1) is 0 Å². The molecule has 4 atom stereocenters. The first-order valence-corrected chi connectivity index (χ1v) is 12.0. The van der Waals surface area contributed by atoms with Gasteiger partial charge >= 0.3 is 0 Å². The minimum atomic E-state index is -0.621. The standard InChI is InChI=1S/C27H29FN2O3/c28-21-5-7-24-23-6-3-17(12-20(23)9-11-33-26(24)15-21)13-22(16-29)30-27(31)25-8-4-19-14-18(19)2-1-10-32-25/h3,5-7,12,15,18-19,22,25H,1-2,4,8-11,13-14H2,(H,30,31)/t18?,19?,22-,25+/m1/s1. The number of carbonyl (C=O) groups is 1. The summed E-state index contributed by atoms with van der Waals surface area (Å²) in [5.41, 5.74) is 3.96. The van der Waals surface area contributed by atoms with E-state index in [1.54, 1.807) is 6.07 Å². The number of carbonyl (C=O) groups excluding carboxylic acids is 1. The lowest BCUT2D eigenvalue weighted by Gasteiger charge is -2.20. The molecule has 0 bridgehead atoms. The molecule has 5 nitrogen and oxygen atoms in total. The minimum absolute atomic E-state index is 0.181. The highest BCUT2D eigenvalue weighted by atomic mass is 19.1. The average Bonchev–Trinajstić information content (AvgIpc) is 3.58. The molecule has 1 saturated carbocycles. The van der Waals surface area contributed by atoms with Crippen LogP contribution in [0.1, 0.15) is 43.2 Å². The molecular weight excluding hydrogens is 419 g/mol. The number of benzene rings is 2. The van der Waals surface area contributed by atoms with E-state index in [9.17, 15) is 14.4 Å². The van der Waals surface area contributed by atoms with Crippen LogP contribution in [0.3, 0.4) is 0 Å². The maximum atomic E-state index is 13.6. The van der Waals surface area contributed by atoms with Crippen molar-refractivity contribution >= 4 is 5.91 Å². The van der Waals surface area contributed by atoms with Crippen molar-refractivity contribution in [2.75, 3.05) is 13.2 Å². The van der Waals surface area contributed by atoms with Crippen molar-refractivity contribution in [2.24, 2.45) is 11.8 Å². The Morgan fingerprint density at radius 3 is 2.85 bits per heavy atom. The number of rotatable bonds is 4. The summed E-state index contributed by atoms with van der Waals surface area (Å²) in [6, 6.07) is 12.3. The Morgan fingerprint density at radius 1 is 1.12 bits per heavy atom. The molecule has 33 heavy (non-hydrogen) atoms. The number of amides is 1. The summed E-state index contributed by atoms with van der Waals surface area (Å²) in [5.74, 6) is 1.63. The quantitative estimate of drug-likeness (QED) is 0.744. The zero-order valence-electron chi connectivity index (χ0n) is 18.7. The Kier molecular flexibility index (Phi) is 6.32. The number of nitriles is 1. The molecule has 2 heterocycles. The first-order chi connectivity index (χ1) is 16.1. The maximum Gasteiger partial charge on any atom is 0.250 e. The summed E-state index contributed by atoms with van der Waals surface area (Å²) >= 11 is 0. The molecule has 2 unspecified atom stereocenters. The van der Waals surface area contributed by atoms with Gasteiger partial charge in [-0.3, -0.25) is 4.79 Å². The largest absolute Gasteiger partial charge is 0.492 e. The molecule has 2 aromatic carbocycles. The van der Waals surface area contributed by atoms with Crippen molar-refractivity contribution in [1.29, 1.82) is 5.26 Å². The lowest BCUT2D eigenvalue weighted by atomic mass is 9.94. The normalized spacial score (nSPS) is 24.7. The number of fused-ring (bicyclic) bond motifs is 4. The van der Waals surface area contributed by atoms with Crippen LogP contribution >= 0.6 is 0 Å². The monoisotopic (exact) mass is 448 g/mol. The lowest BCUT2D eigenvalue weighted by molar-refractivity contribution is -0.133. The smallest absolute Gasteiger partial charge is 0.250 e. The average molecular weight is 449 g/mol. The summed E-state index contributed by atoms with van der Waals surface area (Å²) in [6.45, 7) is 1.07. The molecule has 1 saturated heterocycles. The van der Waals surface area contributed by atoms with E-state index in [-0.39, 0.29) is 11.7 Å². The predicted molar refractivity (Wildman–Crippen MR) is 122 cm³/mol. The van der Waals surface area contributed by atoms with Crippen molar-refractivity contribution in [2.45, 2.75) is 57.1 Å². The van der Waals surface area contributed by atoms with Crippen LogP contribution in [-0.4, -0.2) is 31.3 Å². The van der Waals surface area contributed by atoms with Gasteiger partial charge in [-0.2, -0.15) is 5.26 Å². The molecule has 0 spiro atoms. The van der Waals surface area contributed by atoms with Crippen LogP contribution < -0.4 is 10.1 Å². The topological polar surface area (TPSA) is 71.3 Å². The summed E-state index contributed by atoms with van der Waals surface area (Å²) in [7, 11) is 0. The Balaban J connectivity index is 1.26. The summed E-state index contributed by atoms with van der Waals surface area (Å²) in [6.07, 6.45) is 5.89. The predicted octanol–water partition coefficient (Wildman–Crippen LogP) is 4.57. The highest BCUT2D eigenvalue weighted by Gasteiger charge is 2.38. The second-order valence-corrected chi connectivity index (χ2v) is 9.46. The highest BCUT2D eigenvalue weighted by Crippen LogP contribution is 2.46. The van der Waals surface area contributed by atoms with Crippen molar-refractivity contribution in [3.8, 4) is 22.9 Å². The van der Waals surface area contributed by atoms with Crippen LogP contribution in [0.5, 0.6) is 5.75 Å². The van der Waals surface area contributed by atoms with E-state index < -0.39 is 12.1 Å². The first kappa shape index (κ1) is 21.9. The van der Waals surface area contributed by atoms with Crippen molar-refractivity contribution in [3.05, 3.63) is 53.3 Å². The molecule has 6 heteroatoms. The third-order valence-corrected chi connectivity index (χ3v) is 7.14. The Labute approximate surface area is 193 Å². The summed E-state index contributed by atoms with van der Waals surface area (Å²) in [5, 5.41) is 12.6. The van der Waals surface area contributed by atoms with Crippen LogP contribution in [0.25, 0.3) is 11.1 Å². The number of ether oxygens (including phenoxy) is 2. The van der Waals surface area contributed by atoms with E-state index >= 15 is 0 Å². The Hall–Kier alpha value is -2.91.